The Labute approximate surface area is 124 Å². The van der Waals surface area contributed by atoms with Crippen LogP contribution in [0, 0.1) is 22.9 Å². The van der Waals surface area contributed by atoms with Crippen LogP contribution in [0.15, 0.2) is 36.4 Å². The van der Waals surface area contributed by atoms with Gasteiger partial charge >= 0.3 is 0 Å². The predicted octanol–water partition coefficient (Wildman–Crippen LogP) is 4.00. The highest BCUT2D eigenvalue weighted by atomic mass is 19.1. The first-order valence-corrected chi connectivity index (χ1v) is 6.53. The maximum absolute atomic E-state index is 14.2. The van der Waals surface area contributed by atoms with Crippen molar-refractivity contribution in [2.45, 2.75) is 6.92 Å². The maximum Gasteiger partial charge on any atom is 0.272 e. The van der Waals surface area contributed by atoms with Crippen molar-refractivity contribution < 1.29 is 14.1 Å². The molecule has 0 aliphatic heterocycles. The van der Waals surface area contributed by atoms with Crippen molar-refractivity contribution in [3.8, 4) is 11.3 Å². The van der Waals surface area contributed by atoms with E-state index in [0.29, 0.717) is 28.4 Å². The average Bonchev–Trinajstić information content (AvgIpc) is 2.84. The molecule has 1 heterocycles. The molecule has 1 aromatic heterocycles. The van der Waals surface area contributed by atoms with Gasteiger partial charge in [-0.25, -0.2) is 4.39 Å². The summed E-state index contributed by atoms with van der Waals surface area (Å²) in [5, 5.41) is 11.4. The van der Waals surface area contributed by atoms with Gasteiger partial charge in [-0.3, -0.25) is 14.9 Å². The minimum atomic E-state index is -0.749. The Morgan fingerprint density at radius 2 is 2.00 bits per heavy atom. The van der Waals surface area contributed by atoms with Crippen LogP contribution in [0.1, 0.15) is 15.9 Å². The third-order valence-electron chi connectivity index (χ3n) is 3.54. The highest BCUT2D eigenvalue weighted by Gasteiger charge is 2.18. The SMILES string of the molecule is Cc1ccc2[nH]c(-c3ccc([N+](=O)[O-])cc3F)c(C=O)c2c1. The highest BCUT2D eigenvalue weighted by Crippen LogP contribution is 2.32. The fourth-order valence-corrected chi connectivity index (χ4v) is 2.48. The lowest BCUT2D eigenvalue weighted by atomic mass is 10.0. The summed E-state index contributed by atoms with van der Waals surface area (Å²) in [5.41, 5.74) is 2.14. The molecule has 0 amide bonds. The molecule has 0 saturated carbocycles. The number of nitrogens with zero attached hydrogens (tertiary/aromatic N) is 1. The molecule has 0 radical (unpaired) electrons. The summed E-state index contributed by atoms with van der Waals surface area (Å²) in [6, 6.07) is 8.89. The number of aryl methyl sites for hydroxylation is 1. The van der Waals surface area contributed by atoms with E-state index in [0.717, 1.165) is 11.6 Å². The number of H-pyrrole nitrogens is 1. The van der Waals surface area contributed by atoms with Crippen LogP contribution in [0.5, 0.6) is 0 Å². The van der Waals surface area contributed by atoms with Gasteiger partial charge in [-0.05, 0) is 25.1 Å². The molecule has 110 valence electrons. The first-order chi connectivity index (χ1) is 10.5. The zero-order valence-electron chi connectivity index (χ0n) is 11.6. The van der Waals surface area contributed by atoms with Crippen LogP contribution in [0.25, 0.3) is 22.2 Å². The van der Waals surface area contributed by atoms with Crippen LogP contribution >= 0.6 is 0 Å². The highest BCUT2D eigenvalue weighted by molar-refractivity contribution is 6.04. The van der Waals surface area contributed by atoms with Crippen LogP contribution in [0.2, 0.25) is 0 Å². The number of aromatic nitrogens is 1. The molecule has 0 atom stereocenters. The quantitative estimate of drug-likeness (QED) is 0.451. The van der Waals surface area contributed by atoms with E-state index >= 15 is 0 Å². The molecular weight excluding hydrogens is 287 g/mol. The van der Waals surface area contributed by atoms with E-state index in [1.54, 1.807) is 0 Å². The van der Waals surface area contributed by atoms with Crippen molar-refractivity contribution in [3.63, 3.8) is 0 Å². The lowest BCUT2D eigenvalue weighted by Gasteiger charge is -2.02. The van der Waals surface area contributed by atoms with E-state index < -0.39 is 10.7 Å². The molecule has 5 nitrogen and oxygen atoms in total. The predicted molar refractivity (Wildman–Crippen MR) is 80.5 cm³/mol. The Kier molecular flexibility index (Phi) is 3.21. The lowest BCUT2D eigenvalue weighted by Crippen LogP contribution is -1.93. The summed E-state index contributed by atoms with van der Waals surface area (Å²) in [6.45, 7) is 1.90. The van der Waals surface area contributed by atoms with E-state index in [2.05, 4.69) is 4.98 Å². The largest absolute Gasteiger partial charge is 0.354 e. The third kappa shape index (κ3) is 2.14. The summed E-state index contributed by atoms with van der Waals surface area (Å²) in [7, 11) is 0. The Bertz CT molecular complexity index is 915. The second-order valence-electron chi connectivity index (χ2n) is 5.00. The van der Waals surface area contributed by atoms with Gasteiger partial charge in [0.15, 0.2) is 6.29 Å². The van der Waals surface area contributed by atoms with Gasteiger partial charge in [-0.15, -0.1) is 0 Å². The molecule has 0 aliphatic carbocycles. The molecular formula is C16H11FN2O3. The number of halogens is 1. The topological polar surface area (TPSA) is 76.0 Å². The van der Waals surface area contributed by atoms with Gasteiger partial charge in [0.2, 0.25) is 0 Å². The molecule has 0 fully saturated rings. The molecule has 0 unspecified atom stereocenters. The molecule has 0 bridgehead atoms. The van der Waals surface area contributed by atoms with E-state index in [9.17, 15) is 19.3 Å². The van der Waals surface area contributed by atoms with Gasteiger partial charge in [-0.2, -0.15) is 0 Å². The third-order valence-corrected chi connectivity index (χ3v) is 3.54. The Morgan fingerprint density at radius 1 is 1.23 bits per heavy atom. The molecule has 0 saturated heterocycles. The summed E-state index contributed by atoms with van der Waals surface area (Å²) in [6.07, 6.45) is 0.661. The number of fused-ring (bicyclic) bond motifs is 1. The van der Waals surface area contributed by atoms with Crippen LogP contribution < -0.4 is 0 Å². The molecule has 3 aromatic rings. The number of nitro benzene ring substituents is 1. The second kappa shape index (κ2) is 5.07. The van der Waals surface area contributed by atoms with Gasteiger partial charge < -0.3 is 4.98 Å². The number of aldehydes is 1. The monoisotopic (exact) mass is 298 g/mol. The van der Waals surface area contributed by atoms with Gasteiger partial charge in [-0.1, -0.05) is 11.6 Å². The van der Waals surface area contributed by atoms with Crippen LogP contribution in [-0.2, 0) is 0 Å². The molecule has 3 rings (SSSR count). The molecule has 0 aliphatic rings. The number of nitrogens with one attached hydrogen (secondary N) is 1. The summed E-state index contributed by atoms with van der Waals surface area (Å²) < 4.78 is 14.2. The van der Waals surface area contributed by atoms with Crippen molar-refractivity contribution in [3.05, 3.63) is 63.5 Å². The fraction of sp³-hybridized carbons (Fsp3) is 0.0625. The number of nitro groups is 1. The first-order valence-electron chi connectivity index (χ1n) is 6.53. The number of rotatable bonds is 3. The number of carbonyl (C=O) groups is 1. The van der Waals surface area contributed by atoms with Crippen LogP contribution in [0.4, 0.5) is 10.1 Å². The fourth-order valence-electron chi connectivity index (χ4n) is 2.48. The maximum atomic E-state index is 14.2. The summed E-state index contributed by atoms with van der Waals surface area (Å²) in [5.74, 6) is -0.749. The number of hydrogen-bond donors (Lipinski definition) is 1. The first kappa shape index (κ1) is 13.9. The van der Waals surface area contributed by atoms with Crippen molar-refractivity contribution >= 4 is 22.9 Å². The summed E-state index contributed by atoms with van der Waals surface area (Å²) >= 11 is 0. The van der Waals surface area contributed by atoms with Crippen molar-refractivity contribution in [1.82, 2.24) is 4.98 Å². The molecule has 2 aromatic carbocycles. The standard InChI is InChI=1S/C16H11FN2O3/c1-9-2-5-15-12(6-9)13(8-20)16(18-15)11-4-3-10(19(21)22)7-14(11)17/h2-8,18H,1H3. The minimum absolute atomic E-state index is 0.126. The number of non-ortho nitro benzene ring substituents is 1. The Balaban J connectivity index is 2.26. The van der Waals surface area contributed by atoms with Crippen molar-refractivity contribution in [1.29, 1.82) is 0 Å². The van der Waals surface area contributed by atoms with Gasteiger partial charge in [0.1, 0.15) is 5.82 Å². The Hall–Kier alpha value is -3.02. The van der Waals surface area contributed by atoms with Gasteiger partial charge in [0.25, 0.3) is 5.69 Å². The number of aromatic amines is 1. The lowest BCUT2D eigenvalue weighted by molar-refractivity contribution is -0.385. The average molecular weight is 298 g/mol. The van der Waals surface area contributed by atoms with Gasteiger partial charge in [0, 0.05) is 28.1 Å². The number of carbonyl (C=O) groups excluding carboxylic acids is 1. The minimum Gasteiger partial charge on any atom is -0.354 e. The van der Waals surface area contributed by atoms with Crippen molar-refractivity contribution in [2.75, 3.05) is 0 Å². The Morgan fingerprint density at radius 3 is 2.64 bits per heavy atom. The van der Waals surface area contributed by atoms with Crippen molar-refractivity contribution in [2.24, 2.45) is 0 Å². The normalized spacial score (nSPS) is 10.8. The van der Waals surface area contributed by atoms with E-state index in [4.69, 9.17) is 0 Å². The number of benzene rings is 2. The van der Waals surface area contributed by atoms with E-state index in [-0.39, 0.29) is 11.3 Å². The molecule has 0 spiro atoms. The smallest absolute Gasteiger partial charge is 0.272 e. The second-order valence-corrected chi connectivity index (χ2v) is 5.00. The van der Waals surface area contributed by atoms with Crippen LogP contribution in [0.3, 0.4) is 0 Å². The summed E-state index contributed by atoms with van der Waals surface area (Å²) in [4.78, 5) is 24.4. The van der Waals surface area contributed by atoms with Crippen LogP contribution in [-0.4, -0.2) is 16.2 Å². The molecule has 22 heavy (non-hydrogen) atoms. The molecule has 6 heteroatoms. The molecule has 1 N–H and O–H groups in total. The van der Waals surface area contributed by atoms with E-state index in [1.807, 2.05) is 25.1 Å². The van der Waals surface area contributed by atoms with Gasteiger partial charge in [0.05, 0.1) is 16.7 Å². The zero-order valence-corrected chi connectivity index (χ0v) is 11.6. The zero-order chi connectivity index (χ0) is 15.9. The number of hydrogen-bond acceptors (Lipinski definition) is 3. The van der Waals surface area contributed by atoms with E-state index in [1.165, 1.54) is 12.1 Å².